The number of halogens is 2. The Morgan fingerprint density at radius 1 is 1.18 bits per heavy atom. The summed E-state index contributed by atoms with van der Waals surface area (Å²) < 4.78 is 29.1. The molecule has 0 aliphatic heterocycles. The van der Waals surface area contributed by atoms with E-state index < -0.39 is 10.0 Å². The molecular weight excluding hydrogens is 421 g/mol. The summed E-state index contributed by atoms with van der Waals surface area (Å²) in [6, 6.07) is 10.5. The van der Waals surface area contributed by atoms with Gasteiger partial charge < -0.3 is 4.40 Å². The molecule has 0 atom stereocenters. The molecule has 0 saturated carbocycles. The van der Waals surface area contributed by atoms with Crippen LogP contribution in [0.4, 0.5) is 0 Å². The largest absolute Gasteiger partial charge is 0.303 e. The molecule has 0 aliphatic rings. The second-order valence-electron chi connectivity index (χ2n) is 6.07. The molecule has 0 aliphatic carbocycles. The highest BCUT2D eigenvalue weighted by Crippen LogP contribution is 2.30. The average Bonchev–Trinajstić information content (AvgIpc) is 3.32. The van der Waals surface area contributed by atoms with Gasteiger partial charge in [0.15, 0.2) is 0 Å². The third-order valence-electron chi connectivity index (χ3n) is 4.33. The number of imidazole rings is 1. The molecule has 0 amide bonds. The number of aromatic amines is 1. The van der Waals surface area contributed by atoms with Gasteiger partial charge in [0.05, 0.1) is 29.7 Å². The van der Waals surface area contributed by atoms with Crippen LogP contribution in [0.3, 0.4) is 0 Å². The highest BCUT2D eigenvalue weighted by atomic mass is 35.5. The maximum atomic E-state index is 13.0. The topological polar surface area (TPSA) is 83.4 Å². The molecule has 0 fully saturated rings. The van der Waals surface area contributed by atoms with Crippen LogP contribution in [-0.4, -0.2) is 39.4 Å². The van der Waals surface area contributed by atoms with E-state index >= 15 is 0 Å². The number of nitrogens with zero attached hydrogens (tertiary/aromatic N) is 4. The smallest absolute Gasteiger partial charge is 0.244 e. The Hall–Kier alpha value is -2.39. The van der Waals surface area contributed by atoms with Gasteiger partial charge in [-0.2, -0.15) is 9.40 Å². The second kappa shape index (κ2) is 7.92. The van der Waals surface area contributed by atoms with Crippen LogP contribution in [0, 0.1) is 0 Å². The predicted octanol–water partition coefficient (Wildman–Crippen LogP) is 3.62. The summed E-state index contributed by atoms with van der Waals surface area (Å²) in [7, 11) is -2.24. The fourth-order valence-electron chi connectivity index (χ4n) is 2.88. The molecule has 10 heteroatoms. The van der Waals surface area contributed by atoms with Crippen molar-refractivity contribution in [2.75, 3.05) is 7.05 Å². The fourth-order valence-corrected chi connectivity index (χ4v) is 4.54. The molecule has 4 aromatic rings. The summed E-state index contributed by atoms with van der Waals surface area (Å²) in [5.41, 5.74) is 3.15. The Labute approximate surface area is 173 Å². The van der Waals surface area contributed by atoms with E-state index in [2.05, 4.69) is 15.2 Å². The maximum absolute atomic E-state index is 13.0. The molecule has 28 heavy (non-hydrogen) atoms. The number of rotatable bonds is 5. The summed E-state index contributed by atoms with van der Waals surface area (Å²) in [4.78, 5) is 4.35. The third-order valence-corrected chi connectivity index (χ3v) is 6.62. The van der Waals surface area contributed by atoms with Crippen molar-refractivity contribution in [3.63, 3.8) is 0 Å². The maximum Gasteiger partial charge on any atom is 0.244 e. The van der Waals surface area contributed by atoms with Crippen LogP contribution in [0.15, 0.2) is 66.1 Å². The van der Waals surface area contributed by atoms with Gasteiger partial charge in [-0.3, -0.25) is 5.10 Å². The summed E-state index contributed by atoms with van der Waals surface area (Å²) in [6.45, 7) is 0.174. The zero-order valence-corrected chi connectivity index (χ0v) is 17.2. The second-order valence-corrected chi connectivity index (χ2v) is 8.49. The van der Waals surface area contributed by atoms with Crippen LogP contribution >= 0.6 is 24.0 Å². The SMILES string of the molecule is CN(Cc1cnc2ccccn12)S(=O)(=O)c1ccc(-c2cn[nH]c2)cc1Cl.Cl. The number of H-pyrrole nitrogens is 1. The normalized spacial score (nSPS) is 11.7. The minimum Gasteiger partial charge on any atom is -0.303 e. The molecule has 1 aromatic carbocycles. The molecular formula is C18H17Cl2N5O2S. The lowest BCUT2D eigenvalue weighted by Gasteiger charge is -2.18. The van der Waals surface area contributed by atoms with Crippen LogP contribution in [0.1, 0.15) is 5.69 Å². The standard InChI is InChI=1S/C18H16ClN5O2S.ClH/c1-23(12-15-11-20-18-4-2-3-7-24(15)18)27(25,26)17-6-5-13(8-16(17)19)14-9-21-22-10-14;/h2-11H,12H2,1H3,(H,21,22);1H. The molecule has 0 unspecified atom stereocenters. The lowest BCUT2D eigenvalue weighted by molar-refractivity contribution is 0.461. The molecule has 146 valence electrons. The highest BCUT2D eigenvalue weighted by Gasteiger charge is 2.25. The molecule has 4 rings (SSSR count). The zero-order valence-electron chi connectivity index (χ0n) is 14.8. The molecule has 0 bridgehead atoms. The lowest BCUT2D eigenvalue weighted by atomic mass is 10.1. The Morgan fingerprint density at radius 3 is 2.71 bits per heavy atom. The molecule has 3 heterocycles. The van der Waals surface area contributed by atoms with Crippen LogP contribution in [0.25, 0.3) is 16.8 Å². The van der Waals surface area contributed by atoms with Gasteiger partial charge in [0.1, 0.15) is 10.5 Å². The van der Waals surface area contributed by atoms with E-state index in [-0.39, 0.29) is 28.9 Å². The summed E-state index contributed by atoms with van der Waals surface area (Å²) in [5.74, 6) is 0. The van der Waals surface area contributed by atoms with Crippen molar-refractivity contribution in [2.24, 2.45) is 0 Å². The third kappa shape index (κ3) is 3.64. The summed E-state index contributed by atoms with van der Waals surface area (Å²) in [5, 5.41) is 6.78. The van der Waals surface area contributed by atoms with Crippen molar-refractivity contribution < 1.29 is 8.42 Å². The van der Waals surface area contributed by atoms with Gasteiger partial charge in [0.2, 0.25) is 10.0 Å². The number of nitrogens with one attached hydrogen (secondary N) is 1. The molecule has 0 spiro atoms. The molecule has 7 nitrogen and oxygen atoms in total. The van der Waals surface area contributed by atoms with E-state index in [9.17, 15) is 8.42 Å². The van der Waals surface area contributed by atoms with Crippen LogP contribution in [0.5, 0.6) is 0 Å². The number of pyridine rings is 1. The predicted molar refractivity (Wildman–Crippen MR) is 110 cm³/mol. The van der Waals surface area contributed by atoms with Crippen molar-refractivity contribution in [3.8, 4) is 11.1 Å². The Bertz CT molecular complexity index is 1210. The quantitative estimate of drug-likeness (QED) is 0.516. The first-order valence-corrected chi connectivity index (χ1v) is 9.94. The Morgan fingerprint density at radius 2 is 2.00 bits per heavy atom. The van der Waals surface area contributed by atoms with Gasteiger partial charge in [0, 0.05) is 25.0 Å². The monoisotopic (exact) mass is 437 g/mol. The van der Waals surface area contributed by atoms with Crippen LogP contribution in [-0.2, 0) is 16.6 Å². The Balaban J connectivity index is 0.00000225. The van der Waals surface area contributed by atoms with E-state index in [0.29, 0.717) is 0 Å². The van der Waals surface area contributed by atoms with Crippen LogP contribution < -0.4 is 0 Å². The first-order chi connectivity index (χ1) is 13.0. The molecule has 3 aromatic heterocycles. The fraction of sp³-hybridized carbons (Fsp3) is 0.111. The van der Waals surface area contributed by atoms with Gasteiger partial charge in [-0.15, -0.1) is 12.4 Å². The van der Waals surface area contributed by atoms with E-state index in [4.69, 9.17) is 11.6 Å². The Kier molecular flexibility index (Phi) is 5.76. The number of hydrogen-bond donors (Lipinski definition) is 1. The number of benzene rings is 1. The first kappa shape index (κ1) is 20.3. The van der Waals surface area contributed by atoms with E-state index in [0.717, 1.165) is 22.5 Å². The molecule has 0 saturated heterocycles. The molecule has 0 radical (unpaired) electrons. The minimum atomic E-state index is -3.76. The van der Waals surface area contributed by atoms with Gasteiger partial charge in [-0.25, -0.2) is 13.4 Å². The van der Waals surface area contributed by atoms with Crippen molar-refractivity contribution in [1.82, 2.24) is 23.9 Å². The first-order valence-electron chi connectivity index (χ1n) is 8.13. The number of fused-ring (bicyclic) bond motifs is 1. The zero-order chi connectivity index (χ0) is 19.0. The van der Waals surface area contributed by atoms with Crippen molar-refractivity contribution in [1.29, 1.82) is 0 Å². The summed E-state index contributed by atoms with van der Waals surface area (Å²) in [6.07, 6.45) is 6.89. The van der Waals surface area contributed by atoms with Gasteiger partial charge in [-0.1, -0.05) is 23.7 Å². The van der Waals surface area contributed by atoms with Gasteiger partial charge >= 0.3 is 0 Å². The number of hydrogen-bond acceptors (Lipinski definition) is 4. The summed E-state index contributed by atoms with van der Waals surface area (Å²) >= 11 is 6.30. The highest BCUT2D eigenvalue weighted by molar-refractivity contribution is 7.89. The van der Waals surface area contributed by atoms with Crippen LogP contribution in [0.2, 0.25) is 5.02 Å². The van der Waals surface area contributed by atoms with E-state index in [1.165, 1.54) is 17.4 Å². The van der Waals surface area contributed by atoms with Crippen molar-refractivity contribution >= 4 is 39.7 Å². The van der Waals surface area contributed by atoms with Crippen molar-refractivity contribution in [3.05, 3.63) is 71.9 Å². The number of aromatic nitrogens is 4. The van der Waals surface area contributed by atoms with Gasteiger partial charge in [0.25, 0.3) is 0 Å². The molecule has 1 N–H and O–H groups in total. The lowest BCUT2D eigenvalue weighted by Crippen LogP contribution is -2.27. The minimum absolute atomic E-state index is 0. The van der Waals surface area contributed by atoms with Crippen molar-refractivity contribution in [2.45, 2.75) is 11.4 Å². The van der Waals surface area contributed by atoms with E-state index in [1.54, 1.807) is 30.7 Å². The van der Waals surface area contributed by atoms with E-state index in [1.807, 2.05) is 28.8 Å². The number of sulfonamides is 1. The van der Waals surface area contributed by atoms with Gasteiger partial charge in [-0.05, 0) is 29.8 Å². The average molecular weight is 438 g/mol.